The third kappa shape index (κ3) is 2.79. The lowest BCUT2D eigenvalue weighted by atomic mass is 10.2. The van der Waals surface area contributed by atoms with Crippen molar-refractivity contribution in [3.05, 3.63) is 32.8 Å². The number of rotatable bonds is 4. The fraction of sp³-hybridized carbons (Fsp3) is 0.300. The Balaban J connectivity index is 3.11. The Kier molecular flexibility index (Phi) is 4.00. The largest absolute Gasteiger partial charge is 0.475 e. The highest BCUT2D eigenvalue weighted by atomic mass is 79.9. The van der Waals surface area contributed by atoms with E-state index in [1.807, 2.05) is 0 Å². The molecule has 0 aliphatic carbocycles. The Morgan fingerprint density at radius 2 is 2.19 bits per heavy atom. The summed E-state index contributed by atoms with van der Waals surface area (Å²) in [5.41, 5.74) is -0.164. The second-order valence-corrected chi connectivity index (χ2v) is 4.07. The highest BCUT2D eigenvalue weighted by molar-refractivity contribution is 9.10. The van der Waals surface area contributed by atoms with Gasteiger partial charge in [0, 0.05) is 6.07 Å². The van der Waals surface area contributed by atoms with Gasteiger partial charge in [0.05, 0.1) is 9.40 Å². The van der Waals surface area contributed by atoms with Crippen molar-refractivity contribution < 1.29 is 14.5 Å². The molecule has 0 aliphatic heterocycles. The van der Waals surface area contributed by atoms with E-state index in [9.17, 15) is 14.9 Å². The van der Waals surface area contributed by atoms with Gasteiger partial charge in [-0.25, -0.2) is 0 Å². The molecule has 6 heteroatoms. The van der Waals surface area contributed by atoms with Crippen molar-refractivity contribution in [1.29, 1.82) is 0 Å². The molecule has 0 spiro atoms. The van der Waals surface area contributed by atoms with Crippen LogP contribution in [0.25, 0.3) is 0 Å². The lowest BCUT2D eigenvalue weighted by Gasteiger charge is -2.12. The lowest BCUT2D eigenvalue weighted by Crippen LogP contribution is -2.21. The van der Waals surface area contributed by atoms with Crippen molar-refractivity contribution in [2.75, 3.05) is 0 Å². The summed E-state index contributed by atoms with van der Waals surface area (Å²) in [5.74, 6) is -0.111. The van der Waals surface area contributed by atoms with Gasteiger partial charge in [0.1, 0.15) is 0 Å². The van der Waals surface area contributed by atoms with E-state index in [-0.39, 0.29) is 17.2 Å². The molecule has 0 aliphatic rings. The molecule has 0 heterocycles. The highest BCUT2D eigenvalue weighted by Gasteiger charge is 2.21. The zero-order valence-electron chi connectivity index (χ0n) is 8.77. The summed E-state index contributed by atoms with van der Waals surface area (Å²) in [7, 11) is 0. The Hall–Kier alpha value is -1.43. The van der Waals surface area contributed by atoms with E-state index < -0.39 is 11.0 Å². The minimum atomic E-state index is -0.711. The van der Waals surface area contributed by atoms with Crippen LogP contribution >= 0.6 is 15.9 Å². The van der Waals surface area contributed by atoms with Gasteiger partial charge in [0.25, 0.3) is 0 Å². The van der Waals surface area contributed by atoms with Crippen molar-refractivity contribution in [2.45, 2.75) is 20.0 Å². The molecule has 0 bridgehead atoms. The van der Waals surface area contributed by atoms with E-state index in [1.165, 1.54) is 19.1 Å². The second-order valence-electron chi connectivity index (χ2n) is 3.22. The van der Waals surface area contributed by atoms with Crippen molar-refractivity contribution >= 4 is 27.4 Å². The number of para-hydroxylation sites is 1. The van der Waals surface area contributed by atoms with Crippen LogP contribution in [0.1, 0.15) is 13.8 Å². The van der Waals surface area contributed by atoms with Crippen LogP contribution in [0.5, 0.6) is 5.75 Å². The number of benzene rings is 1. The molecule has 1 atom stereocenters. The van der Waals surface area contributed by atoms with Crippen molar-refractivity contribution in [3.8, 4) is 5.75 Å². The number of carbonyl (C=O) groups excluding carboxylic acids is 1. The number of nitro groups is 1. The second kappa shape index (κ2) is 5.07. The highest BCUT2D eigenvalue weighted by Crippen LogP contribution is 2.35. The Morgan fingerprint density at radius 3 is 2.69 bits per heavy atom. The molecule has 0 unspecified atom stereocenters. The Bertz CT molecular complexity index is 433. The van der Waals surface area contributed by atoms with Gasteiger partial charge in [-0.05, 0) is 35.8 Å². The first-order valence-electron chi connectivity index (χ1n) is 4.53. The monoisotopic (exact) mass is 287 g/mol. The summed E-state index contributed by atoms with van der Waals surface area (Å²) in [6, 6.07) is 4.48. The smallest absolute Gasteiger partial charge is 0.312 e. The number of hydrogen-bond acceptors (Lipinski definition) is 4. The summed E-state index contributed by atoms with van der Waals surface area (Å²) in [6.45, 7) is 2.92. The fourth-order valence-electron chi connectivity index (χ4n) is 1.02. The third-order valence-corrected chi connectivity index (χ3v) is 2.63. The maximum atomic E-state index is 11.0. The molecule has 0 saturated heterocycles. The van der Waals surface area contributed by atoms with E-state index in [4.69, 9.17) is 4.74 Å². The SMILES string of the molecule is CC(=O)[C@@H](C)Oc1c(Br)cccc1[N+](=O)[O-]. The first-order chi connectivity index (χ1) is 7.43. The summed E-state index contributed by atoms with van der Waals surface area (Å²) in [4.78, 5) is 21.2. The van der Waals surface area contributed by atoms with Gasteiger partial charge in [-0.3, -0.25) is 14.9 Å². The Labute approximate surface area is 101 Å². The number of nitrogens with zero attached hydrogens (tertiary/aromatic N) is 1. The van der Waals surface area contributed by atoms with Crippen molar-refractivity contribution in [1.82, 2.24) is 0 Å². The van der Waals surface area contributed by atoms with Crippen molar-refractivity contribution in [3.63, 3.8) is 0 Å². The lowest BCUT2D eigenvalue weighted by molar-refractivity contribution is -0.386. The summed E-state index contributed by atoms with van der Waals surface area (Å²) in [6.07, 6.45) is -0.711. The molecular formula is C10H10BrNO4. The van der Waals surface area contributed by atoms with E-state index in [1.54, 1.807) is 13.0 Å². The quantitative estimate of drug-likeness (QED) is 0.631. The molecule has 86 valence electrons. The average Bonchev–Trinajstić information content (AvgIpc) is 2.20. The maximum Gasteiger partial charge on any atom is 0.312 e. The molecule has 1 rings (SSSR count). The summed E-state index contributed by atoms with van der Waals surface area (Å²) < 4.78 is 5.71. The van der Waals surface area contributed by atoms with Crippen LogP contribution < -0.4 is 4.74 Å². The maximum absolute atomic E-state index is 11.0. The summed E-state index contributed by atoms with van der Waals surface area (Å²) >= 11 is 3.15. The predicted molar refractivity (Wildman–Crippen MR) is 61.6 cm³/mol. The van der Waals surface area contributed by atoms with E-state index >= 15 is 0 Å². The molecule has 16 heavy (non-hydrogen) atoms. The number of Topliss-reactive ketones (excluding diaryl/α,β-unsaturated/α-hetero) is 1. The zero-order valence-corrected chi connectivity index (χ0v) is 10.4. The van der Waals surface area contributed by atoms with Crippen LogP contribution in [0.15, 0.2) is 22.7 Å². The van der Waals surface area contributed by atoms with Crippen LogP contribution in [0.4, 0.5) is 5.69 Å². The van der Waals surface area contributed by atoms with Crippen LogP contribution in [-0.4, -0.2) is 16.8 Å². The molecule has 0 radical (unpaired) electrons. The van der Waals surface area contributed by atoms with Gasteiger partial charge in [-0.15, -0.1) is 0 Å². The van der Waals surface area contributed by atoms with Crippen molar-refractivity contribution in [2.24, 2.45) is 0 Å². The van der Waals surface area contributed by atoms with Gasteiger partial charge in [0.15, 0.2) is 11.9 Å². The minimum Gasteiger partial charge on any atom is -0.475 e. The first kappa shape index (κ1) is 12.6. The van der Waals surface area contributed by atoms with Gasteiger partial charge in [0.2, 0.25) is 5.75 Å². The third-order valence-electron chi connectivity index (χ3n) is 2.01. The molecule has 0 N–H and O–H groups in total. The van der Waals surface area contributed by atoms with Gasteiger partial charge in [-0.1, -0.05) is 6.07 Å². The van der Waals surface area contributed by atoms with Crippen LogP contribution in [0.3, 0.4) is 0 Å². The number of ketones is 1. The van der Waals surface area contributed by atoms with E-state index in [2.05, 4.69) is 15.9 Å². The zero-order chi connectivity index (χ0) is 12.3. The van der Waals surface area contributed by atoms with Crippen LogP contribution in [-0.2, 0) is 4.79 Å². The molecule has 5 nitrogen and oxygen atoms in total. The summed E-state index contributed by atoms with van der Waals surface area (Å²) in [5, 5.41) is 10.7. The number of nitro benzene ring substituents is 1. The molecule has 0 fully saturated rings. The van der Waals surface area contributed by atoms with Gasteiger partial charge < -0.3 is 4.74 Å². The molecule has 1 aromatic rings. The minimum absolute atomic E-state index is 0.0789. The number of hydrogen-bond donors (Lipinski definition) is 0. The van der Waals surface area contributed by atoms with Crippen LogP contribution in [0.2, 0.25) is 0 Å². The van der Waals surface area contributed by atoms with Crippen LogP contribution in [0, 0.1) is 10.1 Å². The predicted octanol–water partition coefficient (Wildman–Crippen LogP) is 2.71. The van der Waals surface area contributed by atoms with E-state index in [0.29, 0.717) is 4.47 Å². The average molecular weight is 288 g/mol. The molecule has 1 aromatic carbocycles. The Morgan fingerprint density at radius 1 is 1.56 bits per heavy atom. The fourth-order valence-corrected chi connectivity index (χ4v) is 1.47. The molecular weight excluding hydrogens is 278 g/mol. The number of halogens is 1. The first-order valence-corrected chi connectivity index (χ1v) is 5.32. The topological polar surface area (TPSA) is 69.4 Å². The number of carbonyl (C=O) groups is 1. The molecule has 0 saturated carbocycles. The normalized spacial score (nSPS) is 11.9. The standard InChI is InChI=1S/C10H10BrNO4/c1-6(13)7(2)16-10-8(11)4-3-5-9(10)12(14)15/h3-5,7H,1-2H3/t7-/m1/s1. The molecule has 0 amide bonds. The van der Waals surface area contributed by atoms with Gasteiger partial charge >= 0.3 is 5.69 Å². The van der Waals surface area contributed by atoms with E-state index in [0.717, 1.165) is 0 Å². The van der Waals surface area contributed by atoms with Gasteiger partial charge in [-0.2, -0.15) is 0 Å². The number of ether oxygens (including phenoxy) is 1. The molecule has 0 aromatic heterocycles.